The van der Waals surface area contributed by atoms with E-state index in [-0.39, 0.29) is 25.2 Å². The Kier molecular flexibility index (Phi) is 4.22. The number of ether oxygens (including phenoxy) is 2. The SMILES string of the molecule is Cc1nc2c(c(N3CCN(Cc4ccc5c(c4)OCO5)C(=O)C3)n1)CCNC2=O. The fourth-order valence-corrected chi connectivity index (χ4v) is 3.96. The van der Waals surface area contributed by atoms with Crippen molar-refractivity contribution >= 4 is 17.6 Å². The van der Waals surface area contributed by atoms with Gasteiger partial charge in [-0.15, -0.1) is 0 Å². The van der Waals surface area contributed by atoms with Crippen molar-refractivity contribution in [2.75, 3.05) is 37.9 Å². The molecule has 29 heavy (non-hydrogen) atoms. The minimum atomic E-state index is -0.175. The van der Waals surface area contributed by atoms with Gasteiger partial charge in [-0.25, -0.2) is 9.97 Å². The smallest absolute Gasteiger partial charge is 0.270 e. The molecular weight excluding hydrogens is 374 g/mol. The Bertz CT molecular complexity index is 1010. The number of nitrogens with zero attached hydrogens (tertiary/aromatic N) is 4. The highest BCUT2D eigenvalue weighted by molar-refractivity contribution is 5.96. The number of hydrogen-bond acceptors (Lipinski definition) is 7. The second-order valence-corrected chi connectivity index (χ2v) is 7.35. The van der Waals surface area contributed by atoms with Crippen molar-refractivity contribution in [3.63, 3.8) is 0 Å². The van der Waals surface area contributed by atoms with Crippen LogP contribution in [0.15, 0.2) is 18.2 Å². The monoisotopic (exact) mass is 395 g/mol. The fourth-order valence-electron chi connectivity index (χ4n) is 3.96. The fraction of sp³-hybridized carbons (Fsp3) is 0.400. The Balaban J connectivity index is 1.33. The molecule has 0 atom stereocenters. The number of nitrogens with one attached hydrogen (secondary N) is 1. The van der Waals surface area contributed by atoms with Gasteiger partial charge in [0.2, 0.25) is 12.7 Å². The minimum Gasteiger partial charge on any atom is -0.454 e. The van der Waals surface area contributed by atoms with E-state index in [1.807, 2.05) is 28.0 Å². The molecule has 1 N–H and O–H groups in total. The molecule has 2 amide bonds. The molecule has 0 aliphatic carbocycles. The lowest BCUT2D eigenvalue weighted by molar-refractivity contribution is -0.131. The molecule has 1 aromatic heterocycles. The van der Waals surface area contributed by atoms with Crippen molar-refractivity contribution in [2.24, 2.45) is 0 Å². The number of benzene rings is 1. The van der Waals surface area contributed by atoms with Crippen molar-refractivity contribution in [3.05, 3.63) is 40.8 Å². The third-order valence-corrected chi connectivity index (χ3v) is 5.40. The zero-order chi connectivity index (χ0) is 20.0. The van der Waals surface area contributed by atoms with E-state index in [1.165, 1.54) is 0 Å². The molecule has 0 saturated carbocycles. The van der Waals surface area contributed by atoms with Crippen LogP contribution in [0.3, 0.4) is 0 Å². The standard InChI is InChI=1S/C20H21N5O4/c1-12-22-18-14(4-5-21-20(18)27)19(23-12)25-7-6-24(17(26)10-25)9-13-2-3-15-16(8-13)29-11-28-15/h2-3,8H,4-7,9-11H2,1H3,(H,21,27). The Morgan fingerprint density at radius 2 is 2.00 bits per heavy atom. The second-order valence-electron chi connectivity index (χ2n) is 7.35. The van der Waals surface area contributed by atoms with Crippen molar-refractivity contribution in [2.45, 2.75) is 19.9 Å². The zero-order valence-corrected chi connectivity index (χ0v) is 16.1. The van der Waals surface area contributed by atoms with Gasteiger partial charge in [0.1, 0.15) is 17.3 Å². The van der Waals surface area contributed by atoms with Crippen LogP contribution >= 0.6 is 0 Å². The van der Waals surface area contributed by atoms with E-state index in [0.717, 1.165) is 22.6 Å². The first kappa shape index (κ1) is 17.7. The number of anilines is 1. The number of carbonyl (C=O) groups excluding carboxylic acids is 2. The maximum Gasteiger partial charge on any atom is 0.270 e. The molecule has 9 nitrogen and oxygen atoms in total. The van der Waals surface area contributed by atoms with Gasteiger partial charge < -0.3 is 24.6 Å². The number of aromatic nitrogens is 2. The summed E-state index contributed by atoms with van der Waals surface area (Å²) in [6.45, 7) is 4.55. The molecule has 0 bridgehead atoms. The van der Waals surface area contributed by atoms with Crippen LogP contribution in [0.4, 0.5) is 5.82 Å². The average Bonchev–Trinajstić information content (AvgIpc) is 3.17. The van der Waals surface area contributed by atoms with Gasteiger partial charge in [-0.3, -0.25) is 9.59 Å². The Morgan fingerprint density at radius 3 is 2.86 bits per heavy atom. The molecule has 4 heterocycles. The molecular formula is C20H21N5O4. The maximum absolute atomic E-state index is 12.8. The van der Waals surface area contributed by atoms with Crippen LogP contribution in [0.25, 0.3) is 0 Å². The summed E-state index contributed by atoms with van der Waals surface area (Å²) in [5.41, 5.74) is 2.26. The third-order valence-electron chi connectivity index (χ3n) is 5.40. The summed E-state index contributed by atoms with van der Waals surface area (Å²) in [6.07, 6.45) is 0.669. The first-order valence-electron chi connectivity index (χ1n) is 9.65. The van der Waals surface area contributed by atoms with Crippen molar-refractivity contribution in [1.29, 1.82) is 0 Å². The zero-order valence-electron chi connectivity index (χ0n) is 16.1. The number of hydrogen-bond donors (Lipinski definition) is 1. The lowest BCUT2D eigenvalue weighted by Crippen LogP contribution is -2.51. The summed E-state index contributed by atoms with van der Waals surface area (Å²) >= 11 is 0. The lowest BCUT2D eigenvalue weighted by Gasteiger charge is -2.36. The highest BCUT2D eigenvalue weighted by atomic mass is 16.7. The van der Waals surface area contributed by atoms with Gasteiger partial charge in [0.15, 0.2) is 11.5 Å². The van der Waals surface area contributed by atoms with Crippen molar-refractivity contribution in [1.82, 2.24) is 20.2 Å². The van der Waals surface area contributed by atoms with Gasteiger partial charge in [-0.1, -0.05) is 6.07 Å². The first-order chi connectivity index (χ1) is 14.1. The first-order valence-corrected chi connectivity index (χ1v) is 9.65. The van der Waals surface area contributed by atoms with Crippen molar-refractivity contribution < 1.29 is 19.1 Å². The van der Waals surface area contributed by atoms with E-state index in [1.54, 1.807) is 6.92 Å². The molecule has 1 saturated heterocycles. The van der Waals surface area contributed by atoms with Gasteiger partial charge in [-0.05, 0) is 31.0 Å². The van der Waals surface area contributed by atoms with E-state index in [0.29, 0.717) is 49.9 Å². The topological polar surface area (TPSA) is 96.9 Å². The molecule has 0 spiro atoms. The van der Waals surface area contributed by atoms with Crippen LogP contribution in [-0.2, 0) is 17.8 Å². The quantitative estimate of drug-likeness (QED) is 0.815. The van der Waals surface area contributed by atoms with Gasteiger partial charge in [-0.2, -0.15) is 0 Å². The molecule has 150 valence electrons. The highest BCUT2D eigenvalue weighted by Crippen LogP contribution is 2.33. The average molecular weight is 395 g/mol. The number of amides is 2. The second kappa shape index (κ2) is 6.91. The highest BCUT2D eigenvalue weighted by Gasteiger charge is 2.30. The molecule has 3 aliphatic rings. The van der Waals surface area contributed by atoms with Gasteiger partial charge in [0.05, 0.1) is 6.54 Å². The Morgan fingerprint density at radius 1 is 1.14 bits per heavy atom. The van der Waals surface area contributed by atoms with E-state index < -0.39 is 0 Å². The number of fused-ring (bicyclic) bond motifs is 2. The van der Waals surface area contributed by atoms with Crippen LogP contribution in [0.5, 0.6) is 11.5 Å². The molecule has 1 aromatic carbocycles. The van der Waals surface area contributed by atoms with E-state index in [2.05, 4.69) is 15.3 Å². The molecule has 0 unspecified atom stereocenters. The number of piperazine rings is 1. The van der Waals surface area contributed by atoms with Gasteiger partial charge in [0, 0.05) is 31.7 Å². The van der Waals surface area contributed by atoms with E-state index in [4.69, 9.17) is 9.47 Å². The predicted molar refractivity (Wildman–Crippen MR) is 103 cm³/mol. The molecule has 1 fully saturated rings. The Labute approximate surface area is 167 Å². The van der Waals surface area contributed by atoms with Gasteiger partial charge >= 0.3 is 0 Å². The summed E-state index contributed by atoms with van der Waals surface area (Å²) in [5.74, 6) is 2.54. The summed E-state index contributed by atoms with van der Waals surface area (Å²) in [4.78, 5) is 37.7. The summed E-state index contributed by atoms with van der Waals surface area (Å²) in [7, 11) is 0. The summed E-state index contributed by atoms with van der Waals surface area (Å²) in [6, 6.07) is 5.75. The van der Waals surface area contributed by atoms with Crippen LogP contribution in [0, 0.1) is 6.92 Å². The van der Waals surface area contributed by atoms with Crippen LogP contribution in [0.1, 0.15) is 27.4 Å². The molecule has 5 rings (SSSR count). The van der Waals surface area contributed by atoms with E-state index in [9.17, 15) is 9.59 Å². The third kappa shape index (κ3) is 3.22. The molecule has 0 radical (unpaired) electrons. The summed E-state index contributed by atoms with van der Waals surface area (Å²) in [5, 5.41) is 2.81. The van der Waals surface area contributed by atoms with Crippen LogP contribution in [-0.4, -0.2) is 59.7 Å². The van der Waals surface area contributed by atoms with Crippen LogP contribution in [0.2, 0.25) is 0 Å². The largest absolute Gasteiger partial charge is 0.454 e. The summed E-state index contributed by atoms with van der Waals surface area (Å²) < 4.78 is 10.8. The number of rotatable bonds is 3. The van der Waals surface area contributed by atoms with Crippen LogP contribution < -0.4 is 19.7 Å². The predicted octanol–water partition coefficient (Wildman–Crippen LogP) is 0.648. The van der Waals surface area contributed by atoms with Crippen molar-refractivity contribution in [3.8, 4) is 11.5 Å². The number of aryl methyl sites for hydroxylation is 1. The molecule has 9 heteroatoms. The molecule has 2 aromatic rings. The maximum atomic E-state index is 12.8. The normalized spacial score (nSPS) is 18.0. The Hall–Kier alpha value is -3.36. The minimum absolute atomic E-state index is 0.0270. The van der Waals surface area contributed by atoms with Gasteiger partial charge in [0.25, 0.3) is 5.91 Å². The molecule has 3 aliphatic heterocycles. The lowest BCUT2D eigenvalue weighted by atomic mass is 10.1. The number of carbonyl (C=O) groups is 2. The van der Waals surface area contributed by atoms with E-state index >= 15 is 0 Å².